The van der Waals surface area contributed by atoms with Crippen LogP contribution in [0, 0.1) is 11.3 Å². The molecule has 1 aliphatic carbocycles. The van der Waals surface area contributed by atoms with Crippen LogP contribution in [0.1, 0.15) is 68.3 Å². The number of anilines is 1. The Morgan fingerprint density at radius 3 is 2.52 bits per heavy atom. The summed E-state index contributed by atoms with van der Waals surface area (Å²) in [6.45, 7) is 9.68. The number of nitrogens with one attached hydrogen (secondary N) is 1. The fraction of sp³-hybridized carbons (Fsp3) is 0.650. The molecule has 0 unspecified atom stereocenters. The first-order valence-electron chi connectivity index (χ1n) is 9.44. The zero-order valence-electron chi connectivity index (χ0n) is 16.8. The quantitative estimate of drug-likeness (QED) is 0.707. The second kappa shape index (κ2) is 8.87. The molecule has 0 bridgehead atoms. The van der Waals surface area contributed by atoms with Crippen molar-refractivity contribution in [2.24, 2.45) is 11.3 Å². The molecule has 150 valence electrons. The summed E-state index contributed by atoms with van der Waals surface area (Å²) >= 11 is 1.44. The van der Waals surface area contributed by atoms with E-state index in [0.29, 0.717) is 16.5 Å². The topological polar surface area (TPSA) is 81.7 Å². The number of rotatable bonds is 7. The van der Waals surface area contributed by atoms with Crippen molar-refractivity contribution in [1.29, 1.82) is 0 Å². The fourth-order valence-electron chi connectivity index (χ4n) is 3.38. The van der Waals surface area contributed by atoms with Crippen LogP contribution in [0.5, 0.6) is 0 Å². The highest BCUT2D eigenvalue weighted by Gasteiger charge is 2.35. The molecule has 2 rings (SSSR count). The number of carbonyl (C=O) groups excluding carboxylic acids is 3. The summed E-state index contributed by atoms with van der Waals surface area (Å²) in [7, 11) is 0. The molecular weight excluding hydrogens is 366 g/mol. The number of thiophene rings is 1. The Morgan fingerprint density at radius 2 is 1.93 bits per heavy atom. The molecule has 1 N–H and O–H groups in total. The van der Waals surface area contributed by atoms with Crippen molar-refractivity contribution in [1.82, 2.24) is 0 Å². The third-order valence-corrected chi connectivity index (χ3v) is 6.59. The van der Waals surface area contributed by atoms with Crippen molar-refractivity contribution in [3.05, 3.63) is 16.0 Å². The van der Waals surface area contributed by atoms with Gasteiger partial charge in [-0.15, -0.1) is 11.3 Å². The third kappa shape index (κ3) is 5.09. The molecule has 0 spiro atoms. The zero-order valence-corrected chi connectivity index (χ0v) is 17.6. The highest BCUT2D eigenvalue weighted by atomic mass is 32.1. The van der Waals surface area contributed by atoms with E-state index in [4.69, 9.17) is 9.47 Å². The summed E-state index contributed by atoms with van der Waals surface area (Å²) in [5.74, 6) is -0.857. The van der Waals surface area contributed by atoms with Gasteiger partial charge in [0.15, 0.2) is 6.61 Å². The highest BCUT2D eigenvalue weighted by Crippen LogP contribution is 2.45. The number of hydrogen-bond donors (Lipinski definition) is 1. The molecule has 1 amide bonds. The molecule has 1 aliphatic rings. The predicted octanol–water partition coefficient (Wildman–Crippen LogP) is 3.97. The van der Waals surface area contributed by atoms with E-state index in [1.807, 2.05) is 0 Å². The number of fused-ring (bicyclic) bond motifs is 1. The van der Waals surface area contributed by atoms with Gasteiger partial charge in [0.1, 0.15) is 5.00 Å². The van der Waals surface area contributed by atoms with Gasteiger partial charge in [-0.25, -0.2) is 4.79 Å². The van der Waals surface area contributed by atoms with Gasteiger partial charge in [-0.1, -0.05) is 27.2 Å². The maximum atomic E-state index is 12.5. The molecule has 1 aromatic rings. The van der Waals surface area contributed by atoms with E-state index in [0.717, 1.165) is 36.1 Å². The Balaban J connectivity index is 2.30. The zero-order chi connectivity index (χ0) is 20.2. The number of esters is 2. The van der Waals surface area contributed by atoms with Crippen LogP contribution in [0.3, 0.4) is 0 Å². The van der Waals surface area contributed by atoms with Crippen LogP contribution in [0.25, 0.3) is 0 Å². The molecule has 0 fully saturated rings. The molecule has 0 saturated carbocycles. The Kier molecular flexibility index (Phi) is 7.03. The molecule has 0 aliphatic heterocycles. The van der Waals surface area contributed by atoms with Crippen molar-refractivity contribution in [2.75, 3.05) is 18.5 Å². The molecule has 27 heavy (non-hydrogen) atoms. The van der Waals surface area contributed by atoms with Crippen LogP contribution in [-0.2, 0) is 31.9 Å². The normalized spacial score (nSPS) is 16.4. The molecular formula is C20H29NO5S. The Bertz CT molecular complexity index is 722. The summed E-state index contributed by atoms with van der Waals surface area (Å²) in [6, 6.07) is 0. The molecule has 0 saturated heterocycles. The molecule has 1 heterocycles. The van der Waals surface area contributed by atoms with Gasteiger partial charge in [0.25, 0.3) is 5.91 Å². The number of amides is 1. The van der Waals surface area contributed by atoms with Gasteiger partial charge in [0.2, 0.25) is 0 Å². The Labute approximate surface area is 164 Å². The monoisotopic (exact) mass is 395 g/mol. The smallest absolute Gasteiger partial charge is 0.341 e. The van der Waals surface area contributed by atoms with Crippen molar-refractivity contribution < 1.29 is 23.9 Å². The van der Waals surface area contributed by atoms with Crippen LogP contribution >= 0.6 is 11.3 Å². The van der Waals surface area contributed by atoms with E-state index < -0.39 is 17.8 Å². The molecule has 0 aromatic carbocycles. The average Bonchev–Trinajstić information content (AvgIpc) is 2.97. The second-order valence-corrected chi connectivity index (χ2v) is 8.64. The third-order valence-electron chi connectivity index (χ3n) is 5.42. The minimum Gasteiger partial charge on any atom is -0.462 e. The van der Waals surface area contributed by atoms with Gasteiger partial charge < -0.3 is 14.8 Å². The van der Waals surface area contributed by atoms with Crippen molar-refractivity contribution in [2.45, 2.75) is 60.3 Å². The van der Waals surface area contributed by atoms with Crippen LogP contribution in [0.4, 0.5) is 5.00 Å². The first kappa shape index (κ1) is 21.4. The average molecular weight is 396 g/mol. The van der Waals surface area contributed by atoms with Gasteiger partial charge >= 0.3 is 11.9 Å². The minimum absolute atomic E-state index is 0.227. The van der Waals surface area contributed by atoms with Crippen LogP contribution in [0.2, 0.25) is 0 Å². The van der Waals surface area contributed by atoms with Gasteiger partial charge in [-0.3, -0.25) is 9.59 Å². The Morgan fingerprint density at radius 1 is 1.22 bits per heavy atom. The predicted molar refractivity (Wildman–Crippen MR) is 105 cm³/mol. The summed E-state index contributed by atoms with van der Waals surface area (Å²) in [5, 5.41) is 3.22. The van der Waals surface area contributed by atoms with Gasteiger partial charge in [0.05, 0.1) is 12.2 Å². The lowest BCUT2D eigenvalue weighted by molar-refractivity contribution is -0.144. The van der Waals surface area contributed by atoms with Gasteiger partial charge in [-0.2, -0.15) is 0 Å². The second-order valence-electron chi connectivity index (χ2n) is 7.54. The molecule has 0 radical (unpaired) electrons. The Hall–Kier alpha value is -1.89. The number of hydrogen-bond acceptors (Lipinski definition) is 6. The van der Waals surface area contributed by atoms with Crippen molar-refractivity contribution in [3.8, 4) is 0 Å². The van der Waals surface area contributed by atoms with Crippen molar-refractivity contribution >= 4 is 34.2 Å². The SMILES string of the molecule is CCOC(=O)c1c(NC(=O)COC(C)=O)sc2c1CC[C@H](C(C)(C)CC)C2. The van der Waals surface area contributed by atoms with Crippen LogP contribution < -0.4 is 5.32 Å². The van der Waals surface area contributed by atoms with Crippen LogP contribution in [-0.4, -0.2) is 31.1 Å². The van der Waals surface area contributed by atoms with Gasteiger partial charge in [0, 0.05) is 11.8 Å². The van der Waals surface area contributed by atoms with Crippen molar-refractivity contribution in [3.63, 3.8) is 0 Å². The summed E-state index contributed by atoms with van der Waals surface area (Å²) in [4.78, 5) is 36.7. The lowest BCUT2D eigenvalue weighted by Gasteiger charge is -2.36. The van der Waals surface area contributed by atoms with E-state index in [-0.39, 0.29) is 18.6 Å². The minimum atomic E-state index is -0.522. The summed E-state index contributed by atoms with van der Waals surface area (Å²) < 4.78 is 9.96. The first-order chi connectivity index (χ1) is 12.7. The lowest BCUT2D eigenvalue weighted by Crippen LogP contribution is -2.28. The highest BCUT2D eigenvalue weighted by molar-refractivity contribution is 7.17. The molecule has 1 aromatic heterocycles. The standard InChI is InChI=1S/C20H29NO5S/c1-6-20(4,5)13-8-9-14-15(10-13)27-18(17(14)19(24)25-7-2)21-16(23)11-26-12(3)22/h13H,6-11H2,1-5H3,(H,21,23)/t13-/m0/s1. The van der Waals surface area contributed by atoms with E-state index >= 15 is 0 Å². The summed E-state index contributed by atoms with van der Waals surface area (Å²) in [6.07, 6.45) is 3.80. The van der Waals surface area contributed by atoms with Gasteiger partial charge in [-0.05, 0) is 43.1 Å². The number of ether oxygens (including phenoxy) is 2. The fourth-order valence-corrected chi connectivity index (χ4v) is 4.71. The maximum absolute atomic E-state index is 12.5. The van der Waals surface area contributed by atoms with E-state index in [1.165, 1.54) is 18.3 Å². The molecule has 1 atom stereocenters. The van der Waals surface area contributed by atoms with Crippen LogP contribution in [0.15, 0.2) is 0 Å². The summed E-state index contributed by atoms with van der Waals surface area (Å²) in [5.41, 5.74) is 1.68. The van der Waals surface area contributed by atoms with E-state index in [2.05, 4.69) is 26.1 Å². The van der Waals surface area contributed by atoms with E-state index in [9.17, 15) is 14.4 Å². The molecule has 6 nitrogen and oxygen atoms in total. The number of carbonyl (C=O) groups is 3. The largest absolute Gasteiger partial charge is 0.462 e. The maximum Gasteiger partial charge on any atom is 0.341 e. The van der Waals surface area contributed by atoms with E-state index in [1.54, 1.807) is 6.92 Å². The lowest BCUT2D eigenvalue weighted by atomic mass is 9.69. The molecule has 7 heteroatoms. The first-order valence-corrected chi connectivity index (χ1v) is 10.3.